The molecule has 0 aromatic heterocycles. The van der Waals surface area contributed by atoms with Gasteiger partial charge >= 0.3 is 0 Å². The van der Waals surface area contributed by atoms with Crippen LogP contribution >= 0.6 is 0 Å². The van der Waals surface area contributed by atoms with Crippen LogP contribution in [-0.4, -0.2) is 12.1 Å². The maximum absolute atomic E-state index is 3.75. The van der Waals surface area contributed by atoms with Gasteiger partial charge in [0, 0.05) is 12.1 Å². The zero-order valence-electron chi connectivity index (χ0n) is 8.18. The van der Waals surface area contributed by atoms with Gasteiger partial charge in [0.2, 0.25) is 0 Å². The summed E-state index contributed by atoms with van der Waals surface area (Å²) in [5.41, 5.74) is 0. The molecule has 1 unspecified atom stereocenters. The smallest absolute Gasteiger partial charge is 0.00695 e. The number of fused-ring (bicyclic) bond motifs is 6. The van der Waals surface area contributed by atoms with Crippen LogP contribution in [0.1, 0.15) is 51.9 Å². The molecule has 0 amide bonds. The number of hydrogen-bond acceptors (Lipinski definition) is 1. The Morgan fingerprint density at radius 1 is 1.00 bits per heavy atom. The van der Waals surface area contributed by atoms with Crippen LogP contribution in [0.5, 0.6) is 0 Å². The second-order valence-corrected chi connectivity index (χ2v) is 4.73. The minimum Gasteiger partial charge on any atom is -0.311 e. The van der Waals surface area contributed by atoms with Gasteiger partial charge in [0.15, 0.2) is 0 Å². The van der Waals surface area contributed by atoms with Crippen LogP contribution in [0.2, 0.25) is 0 Å². The first-order valence-corrected chi connectivity index (χ1v) is 5.60. The van der Waals surface area contributed by atoms with Gasteiger partial charge in [-0.3, -0.25) is 0 Å². The van der Waals surface area contributed by atoms with Crippen LogP contribution in [0, 0.1) is 5.92 Å². The molecule has 1 heteroatoms. The lowest BCUT2D eigenvalue weighted by atomic mass is 9.82. The Kier molecular flexibility index (Phi) is 2.69. The van der Waals surface area contributed by atoms with Crippen molar-refractivity contribution in [1.82, 2.24) is 5.32 Å². The predicted molar refractivity (Wildman–Crippen MR) is 52.2 cm³/mol. The van der Waals surface area contributed by atoms with Gasteiger partial charge in [0.25, 0.3) is 0 Å². The van der Waals surface area contributed by atoms with E-state index in [9.17, 15) is 0 Å². The van der Waals surface area contributed by atoms with Gasteiger partial charge in [-0.2, -0.15) is 0 Å². The molecule has 0 spiro atoms. The molecule has 12 heavy (non-hydrogen) atoms. The summed E-state index contributed by atoms with van der Waals surface area (Å²) in [6, 6.07) is 1.63. The average molecular weight is 167 g/mol. The van der Waals surface area contributed by atoms with E-state index in [1.807, 2.05) is 0 Å². The van der Waals surface area contributed by atoms with Gasteiger partial charge in [0.1, 0.15) is 0 Å². The van der Waals surface area contributed by atoms with Crippen LogP contribution in [0.25, 0.3) is 0 Å². The fourth-order valence-electron chi connectivity index (χ4n) is 2.97. The molecule has 3 rings (SSSR count). The van der Waals surface area contributed by atoms with Crippen molar-refractivity contribution in [2.75, 3.05) is 0 Å². The van der Waals surface area contributed by atoms with Crippen LogP contribution in [-0.2, 0) is 0 Å². The molecule has 0 aromatic rings. The molecule has 1 saturated carbocycles. The molecule has 70 valence electrons. The second-order valence-electron chi connectivity index (χ2n) is 4.73. The fraction of sp³-hybridized carbons (Fsp3) is 1.00. The van der Waals surface area contributed by atoms with Crippen molar-refractivity contribution in [3.63, 3.8) is 0 Å². The quantitative estimate of drug-likeness (QED) is 0.585. The van der Waals surface area contributed by atoms with E-state index in [-0.39, 0.29) is 0 Å². The Bertz CT molecular complexity index is 120. The normalized spacial score (nSPS) is 43.2. The van der Waals surface area contributed by atoms with Crippen molar-refractivity contribution in [2.45, 2.75) is 64.0 Å². The molecule has 1 nitrogen and oxygen atoms in total. The SMILES string of the molecule is CC1CC2CCCC(CCC2)N1. The molecular formula is C11H21N. The first-order valence-electron chi connectivity index (χ1n) is 5.60. The lowest BCUT2D eigenvalue weighted by Crippen LogP contribution is -2.41. The minimum atomic E-state index is 0.778. The number of nitrogens with one attached hydrogen (secondary N) is 1. The molecule has 0 radical (unpaired) electrons. The molecule has 0 aromatic carbocycles. The summed E-state index contributed by atoms with van der Waals surface area (Å²) in [5, 5.41) is 3.75. The Morgan fingerprint density at radius 2 is 1.67 bits per heavy atom. The van der Waals surface area contributed by atoms with E-state index in [0.29, 0.717) is 0 Å². The van der Waals surface area contributed by atoms with E-state index in [2.05, 4.69) is 12.2 Å². The van der Waals surface area contributed by atoms with Crippen LogP contribution < -0.4 is 5.32 Å². The zero-order valence-corrected chi connectivity index (χ0v) is 8.18. The third-order valence-corrected chi connectivity index (χ3v) is 3.54. The van der Waals surface area contributed by atoms with Crippen molar-refractivity contribution in [2.24, 2.45) is 5.92 Å². The maximum Gasteiger partial charge on any atom is 0.00695 e. The van der Waals surface area contributed by atoms with Gasteiger partial charge in [0.05, 0.1) is 0 Å². The Balaban J connectivity index is 2.01. The molecule has 2 saturated heterocycles. The van der Waals surface area contributed by atoms with Gasteiger partial charge in [-0.05, 0) is 32.1 Å². The van der Waals surface area contributed by atoms with Crippen molar-refractivity contribution in [3.05, 3.63) is 0 Å². The third kappa shape index (κ3) is 2.01. The topological polar surface area (TPSA) is 12.0 Å². The van der Waals surface area contributed by atoms with E-state index in [4.69, 9.17) is 0 Å². The Hall–Kier alpha value is -0.0400. The summed E-state index contributed by atoms with van der Waals surface area (Å²) in [6.45, 7) is 2.36. The first-order chi connectivity index (χ1) is 5.84. The maximum atomic E-state index is 3.75. The van der Waals surface area contributed by atoms with E-state index in [0.717, 1.165) is 18.0 Å². The predicted octanol–water partition coefficient (Wildman–Crippen LogP) is 2.71. The minimum absolute atomic E-state index is 0.778. The summed E-state index contributed by atoms with van der Waals surface area (Å²) in [7, 11) is 0. The zero-order chi connectivity index (χ0) is 8.39. The molecule has 3 aliphatic rings. The van der Waals surface area contributed by atoms with Gasteiger partial charge in [-0.25, -0.2) is 0 Å². The monoisotopic (exact) mass is 167 g/mol. The Labute approximate surface area is 75.9 Å². The van der Waals surface area contributed by atoms with E-state index in [1.165, 1.54) is 44.9 Å². The largest absolute Gasteiger partial charge is 0.311 e. The lowest BCUT2D eigenvalue weighted by molar-refractivity contribution is 0.237. The van der Waals surface area contributed by atoms with Gasteiger partial charge in [-0.1, -0.05) is 25.7 Å². The summed E-state index contributed by atoms with van der Waals surface area (Å²) in [5.74, 6) is 1.04. The highest BCUT2D eigenvalue weighted by atomic mass is 14.9. The van der Waals surface area contributed by atoms with Gasteiger partial charge < -0.3 is 5.32 Å². The molecule has 2 bridgehead atoms. The van der Waals surface area contributed by atoms with Gasteiger partial charge in [-0.15, -0.1) is 0 Å². The van der Waals surface area contributed by atoms with Crippen LogP contribution in [0.4, 0.5) is 0 Å². The van der Waals surface area contributed by atoms with Crippen molar-refractivity contribution in [1.29, 1.82) is 0 Å². The molecular weight excluding hydrogens is 146 g/mol. The summed E-state index contributed by atoms with van der Waals surface area (Å²) < 4.78 is 0. The van der Waals surface area contributed by atoms with Crippen LogP contribution in [0.3, 0.4) is 0 Å². The van der Waals surface area contributed by atoms with Crippen molar-refractivity contribution < 1.29 is 0 Å². The molecule has 1 N–H and O–H groups in total. The first kappa shape index (κ1) is 8.55. The average Bonchev–Trinajstić information content (AvgIpc) is 1.91. The molecule has 3 fully saturated rings. The van der Waals surface area contributed by atoms with E-state index < -0.39 is 0 Å². The second kappa shape index (κ2) is 3.78. The highest BCUT2D eigenvalue weighted by Crippen LogP contribution is 2.29. The van der Waals surface area contributed by atoms with Crippen molar-refractivity contribution >= 4 is 0 Å². The lowest BCUT2D eigenvalue weighted by Gasteiger charge is -2.33. The van der Waals surface area contributed by atoms with E-state index >= 15 is 0 Å². The molecule has 1 aliphatic carbocycles. The summed E-state index contributed by atoms with van der Waals surface area (Å²) >= 11 is 0. The van der Waals surface area contributed by atoms with E-state index in [1.54, 1.807) is 0 Å². The summed E-state index contributed by atoms with van der Waals surface area (Å²) in [4.78, 5) is 0. The third-order valence-electron chi connectivity index (χ3n) is 3.54. The van der Waals surface area contributed by atoms with Crippen molar-refractivity contribution in [3.8, 4) is 0 Å². The standard InChI is InChI=1S/C11H21N/c1-9-8-10-4-2-6-11(12-9)7-3-5-10/h9-12H,2-8H2,1H3. The Morgan fingerprint density at radius 3 is 2.33 bits per heavy atom. The highest BCUT2D eigenvalue weighted by molar-refractivity contribution is 4.81. The molecule has 1 atom stereocenters. The fourth-order valence-corrected chi connectivity index (χ4v) is 2.97. The van der Waals surface area contributed by atoms with Crippen LogP contribution in [0.15, 0.2) is 0 Å². The number of rotatable bonds is 0. The molecule has 2 heterocycles. The summed E-state index contributed by atoms with van der Waals surface area (Å²) in [6.07, 6.45) is 10.2. The molecule has 2 aliphatic heterocycles. The highest BCUT2D eigenvalue weighted by Gasteiger charge is 2.23. The number of hydrogen-bond donors (Lipinski definition) is 1.